The quantitative estimate of drug-likeness (QED) is 0.568. The number of hydrogen-bond donors (Lipinski definition) is 0. The summed E-state index contributed by atoms with van der Waals surface area (Å²) in [4.78, 5) is 35.0. The van der Waals surface area contributed by atoms with Crippen LogP contribution in [0.2, 0.25) is 0 Å². The van der Waals surface area contributed by atoms with Gasteiger partial charge in [-0.15, -0.1) is 0 Å². The number of aromatic nitrogens is 4. The van der Waals surface area contributed by atoms with Crippen molar-refractivity contribution in [3.8, 4) is 23.0 Å². The van der Waals surface area contributed by atoms with E-state index in [0.29, 0.717) is 41.7 Å². The molecule has 0 N–H and O–H groups in total. The lowest BCUT2D eigenvalue weighted by Crippen LogP contribution is -2.38. The van der Waals surface area contributed by atoms with E-state index in [0.717, 1.165) is 24.4 Å². The summed E-state index contributed by atoms with van der Waals surface area (Å²) in [6.45, 7) is 1.26. The zero-order valence-corrected chi connectivity index (χ0v) is 19.4. The fraction of sp³-hybridized carbons (Fsp3) is 0.375. The van der Waals surface area contributed by atoms with Crippen molar-refractivity contribution in [1.82, 2.24) is 24.8 Å². The van der Waals surface area contributed by atoms with E-state index in [1.807, 2.05) is 30.0 Å². The van der Waals surface area contributed by atoms with E-state index in [1.165, 1.54) is 0 Å². The molecule has 9 nitrogen and oxygen atoms in total. The van der Waals surface area contributed by atoms with Crippen molar-refractivity contribution in [2.24, 2.45) is 0 Å². The van der Waals surface area contributed by atoms with Crippen LogP contribution in [-0.4, -0.2) is 72.1 Å². The highest BCUT2D eigenvalue weighted by Gasteiger charge is 2.28. The molecule has 1 aliphatic heterocycles. The molecule has 0 atom stereocenters. The summed E-state index contributed by atoms with van der Waals surface area (Å²) in [5, 5.41) is 0. The lowest BCUT2D eigenvalue weighted by Gasteiger charge is -2.32. The lowest BCUT2D eigenvalue weighted by molar-refractivity contribution is 0.0708. The molecule has 2 aromatic heterocycles. The summed E-state index contributed by atoms with van der Waals surface area (Å²) in [6, 6.07) is 7.30. The van der Waals surface area contributed by atoms with Crippen molar-refractivity contribution >= 4 is 11.7 Å². The summed E-state index contributed by atoms with van der Waals surface area (Å²) in [6.07, 6.45) is 6.55. The maximum Gasteiger partial charge on any atom is 0.257 e. The van der Waals surface area contributed by atoms with Crippen LogP contribution < -0.4 is 14.4 Å². The number of likely N-dealkylation sites (tertiary alicyclic amines) is 1. The summed E-state index contributed by atoms with van der Waals surface area (Å²) in [7, 11) is 7.06. The first-order valence-electron chi connectivity index (χ1n) is 10.8. The number of ether oxygens (including phenoxy) is 2. The second-order valence-electron chi connectivity index (χ2n) is 8.09. The molecule has 1 amide bonds. The van der Waals surface area contributed by atoms with Gasteiger partial charge in [-0.05, 0) is 31.0 Å². The summed E-state index contributed by atoms with van der Waals surface area (Å²) >= 11 is 0. The van der Waals surface area contributed by atoms with Gasteiger partial charge in [0.15, 0.2) is 5.82 Å². The third-order valence-electron chi connectivity index (χ3n) is 5.82. The molecule has 33 heavy (non-hydrogen) atoms. The Hall–Kier alpha value is -3.75. The van der Waals surface area contributed by atoms with Gasteiger partial charge in [0.2, 0.25) is 0 Å². The van der Waals surface area contributed by atoms with Crippen molar-refractivity contribution in [2.75, 3.05) is 46.3 Å². The first-order chi connectivity index (χ1) is 16.0. The molecule has 0 spiro atoms. The molecule has 0 bridgehead atoms. The van der Waals surface area contributed by atoms with Gasteiger partial charge < -0.3 is 19.3 Å². The van der Waals surface area contributed by atoms with E-state index in [9.17, 15) is 4.79 Å². The monoisotopic (exact) mass is 448 g/mol. The van der Waals surface area contributed by atoms with Gasteiger partial charge in [0.1, 0.15) is 23.0 Å². The van der Waals surface area contributed by atoms with Gasteiger partial charge in [0.25, 0.3) is 5.91 Å². The van der Waals surface area contributed by atoms with E-state index >= 15 is 0 Å². The summed E-state index contributed by atoms with van der Waals surface area (Å²) in [5.41, 5.74) is 2.11. The second kappa shape index (κ2) is 9.81. The standard InChI is InChI=1S/C24H28N6O3/c1-29(2)22-14-19(27-23(28-22)20-15-25-9-10-26-20)16-7-11-30(12-8-16)24(31)18-13-17(32-3)5-6-21(18)33-4/h5-6,9-10,13-16H,7-8,11-12H2,1-4H3. The Balaban J connectivity index is 1.53. The van der Waals surface area contributed by atoms with Crippen molar-refractivity contribution in [3.63, 3.8) is 0 Å². The number of piperidine rings is 1. The van der Waals surface area contributed by atoms with Crippen molar-refractivity contribution in [2.45, 2.75) is 18.8 Å². The number of carbonyl (C=O) groups excluding carboxylic acids is 1. The Morgan fingerprint density at radius 2 is 1.85 bits per heavy atom. The van der Waals surface area contributed by atoms with Crippen LogP contribution in [0.1, 0.15) is 34.8 Å². The molecular formula is C24H28N6O3. The molecule has 1 aromatic carbocycles. The number of rotatable bonds is 6. The third-order valence-corrected chi connectivity index (χ3v) is 5.82. The maximum absolute atomic E-state index is 13.2. The van der Waals surface area contributed by atoms with Crippen LogP contribution in [0.4, 0.5) is 5.82 Å². The Kier molecular flexibility index (Phi) is 6.67. The molecule has 0 aliphatic carbocycles. The minimum atomic E-state index is -0.0545. The highest BCUT2D eigenvalue weighted by atomic mass is 16.5. The molecule has 172 valence electrons. The topological polar surface area (TPSA) is 93.6 Å². The van der Waals surface area contributed by atoms with Gasteiger partial charge >= 0.3 is 0 Å². The van der Waals surface area contributed by atoms with Gasteiger partial charge in [0.05, 0.1) is 26.0 Å². The zero-order chi connectivity index (χ0) is 23.4. The SMILES string of the molecule is COc1ccc(OC)c(C(=O)N2CCC(c3cc(N(C)C)nc(-c4cnccn4)n3)CC2)c1. The Morgan fingerprint density at radius 1 is 1.06 bits per heavy atom. The van der Waals surface area contributed by atoms with Crippen molar-refractivity contribution < 1.29 is 14.3 Å². The highest BCUT2D eigenvalue weighted by molar-refractivity contribution is 5.97. The molecule has 1 aliphatic rings. The molecule has 1 saturated heterocycles. The molecular weight excluding hydrogens is 420 g/mol. The fourth-order valence-electron chi connectivity index (χ4n) is 3.95. The largest absolute Gasteiger partial charge is 0.497 e. The first-order valence-corrected chi connectivity index (χ1v) is 10.8. The van der Waals surface area contributed by atoms with E-state index in [-0.39, 0.29) is 11.8 Å². The Bertz CT molecular complexity index is 1110. The maximum atomic E-state index is 13.2. The van der Waals surface area contributed by atoms with E-state index in [4.69, 9.17) is 14.5 Å². The molecule has 0 saturated carbocycles. The predicted molar refractivity (Wildman–Crippen MR) is 125 cm³/mol. The van der Waals surface area contributed by atoms with Crippen molar-refractivity contribution in [1.29, 1.82) is 0 Å². The van der Waals surface area contributed by atoms with Crippen LogP contribution in [0, 0.1) is 0 Å². The van der Waals surface area contributed by atoms with E-state index < -0.39 is 0 Å². The fourth-order valence-corrected chi connectivity index (χ4v) is 3.95. The number of methoxy groups -OCH3 is 2. The molecule has 0 radical (unpaired) electrons. The minimum absolute atomic E-state index is 0.0545. The minimum Gasteiger partial charge on any atom is -0.497 e. The molecule has 0 unspecified atom stereocenters. The normalized spacial score (nSPS) is 14.1. The molecule has 4 rings (SSSR count). The van der Waals surface area contributed by atoms with Gasteiger partial charge in [-0.2, -0.15) is 0 Å². The average molecular weight is 449 g/mol. The lowest BCUT2D eigenvalue weighted by atomic mass is 9.92. The second-order valence-corrected chi connectivity index (χ2v) is 8.09. The molecule has 3 aromatic rings. The molecule has 1 fully saturated rings. The average Bonchev–Trinajstić information content (AvgIpc) is 2.88. The van der Waals surface area contributed by atoms with E-state index in [1.54, 1.807) is 51.0 Å². The number of amides is 1. The van der Waals surface area contributed by atoms with Gasteiger partial charge in [-0.25, -0.2) is 15.0 Å². The number of benzene rings is 1. The van der Waals surface area contributed by atoms with Crippen molar-refractivity contribution in [3.05, 3.63) is 54.1 Å². The predicted octanol–water partition coefficient (Wildman–Crippen LogP) is 3.04. The molecule has 3 heterocycles. The summed E-state index contributed by atoms with van der Waals surface area (Å²) in [5.74, 6) is 2.72. The van der Waals surface area contributed by atoms with Crippen LogP contribution in [0.25, 0.3) is 11.5 Å². The van der Waals surface area contributed by atoms with Gasteiger partial charge in [0, 0.05) is 57.3 Å². The van der Waals surface area contributed by atoms with E-state index in [2.05, 4.69) is 15.0 Å². The first kappa shape index (κ1) is 22.4. The summed E-state index contributed by atoms with van der Waals surface area (Å²) < 4.78 is 10.7. The van der Waals surface area contributed by atoms with Crippen LogP contribution >= 0.6 is 0 Å². The Labute approximate surface area is 193 Å². The smallest absolute Gasteiger partial charge is 0.257 e. The van der Waals surface area contributed by atoms with Gasteiger partial charge in [-0.3, -0.25) is 9.78 Å². The van der Waals surface area contributed by atoms with Crippen LogP contribution in [0.5, 0.6) is 11.5 Å². The number of anilines is 1. The molecule has 9 heteroatoms. The van der Waals surface area contributed by atoms with Gasteiger partial charge in [-0.1, -0.05) is 0 Å². The highest BCUT2D eigenvalue weighted by Crippen LogP contribution is 2.32. The zero-order valence-electron chi connectivity index (χ0n) is 19.4. The number of hydrogen-bond acceptors (Lipinski definition) is 8. The number of nitrogens with zero attached hydrogens (tertiary/aromatic N) is 6. The van der Waals surface area contributed by atoms with Crippen LogP contribution in [0.3, 0.4) is 0 Å². The van der Waals surface area contributed by atoms with Crippen LogP contribution in [-0.2, 0) is 0 Å². The Morgan fingerprint density at radius 3 is 2.48 bits per heavy atom. The third kappa shape index (κ3) is 4.87. The number of carbonyl (C=O) groups is 1. The van der Waals surface area contributed by atoms with Crippen LogP contribution in [0.15, 0.2) is 42.9 Å².